The predicted octanol–water partition coefficient (Wildman–Crippen LogP) is 5.91. The third-order valence-electron chi connectivity index (χ3n) is 5.74. The molecule has 0 aliphatic heterocycles. The molecule has 188 valence electrons. The summed E-state index contributed by atoms with van der Waals surface area (Å²) in [7, 11) is 0. The number of aryl methyl sites for hydroxylation is 1. The summed E-state index contributed by atoms with van der Waals surface area (Å²) in [6.07, 6.45) is 1.17. The van der Waals surface area contributed by atoms with Crippen LogP contribution in [0.1, 0.15) is 11.3 Å². The summed E-state index contributed by atoms with van der Waals surface area (Å²) < 4.78 is 10.5. The molecule has 0 radical (unpaired) electrons. The molecule has 2 heterocycles. The number of carbonyl (C=O) groups is 1. The number of rotatable bonds is 8. The molecule has 0 bridgehead atoms. The Balaban J connectivity index is 1.27. The number of hydrogen-bond donors (Lipinski definition) is 1. The molecule has 0 aliphatic rings. The largest absolute Gasteiger partial charge is 0.484 e. The van der Waals surface area contributed by atoms with Crippen LogP contribution in [0.3, 0.4) is 0 Å². The van der Waals surface area contributed by atoms with Gasteiger partial charge in [0.1, 0.15) is 10.7 Å². The standard InChI is InChI=1S/C29H22N4O5/c1-19-7-13-26-25(15-19)24(20-5-3-2-4-6-20)16-27(31-26)21-8-10-22(11-9-21)37-18-28(34)32-30-17-23-12-14-29(38-23)33(35)36/h2-17H,18H2,1H3,(H,32,34)/b30-17-. The molecule has 2 aromatic heterocycles. The number of nitro groups is 1. The van der Waals surface area contributed by atoms with Gasteiger partial charge in [0, 0.05) is 10.9 Å². The fourth-order valence-corrected chi connectivity index (χ4v) is 3.92. The highest BCUT2D eigenvalue weighted by molar-refractivity contribution is 5.97. The summed E-state index contributed by atoms with van der Waals surface area (Å²) in [6, 6.07) is 28.5. The lowest BCUT2D eigenvalue weighted by atomic mass is 9.97. The summed E-state index contributed by atoms with van der Waals surface area (Å²) in [5.74, 6) is -0.254. The molecule has 3 aromatic carbocycles. The minimum atomic E-state index is -0.659. The zero-order valence-corrected chi connectivity index (χ0v) is 20.3. The van der Waals surface area contributed by atoms with Crippen LogP contribution in [-0.4, -0.2) is 28.6 Å². The van der Waals surface area contributed by atoms with E-state index < -0.39 is 16.7 Å². The van der Waals surface area contributed by atoms with Crippen molar-refractivity contribution in [2.45, 2.75) is 6.92 Å². The summed E-state index contributed by atoms with van der Waals surface area (Å²) in [4.78, 5) is 26.9. The zero-order chi connectivity index (χ0) is 26.5. The van der Waals surface area contributed by atoms with Crippen molar-refractivity contribution >= 4 is 28.9 Å². The summed E-state index contributed by atoms with van der Waals surface area (Å²) >= 11 is 0. The highest BCUT2D eigenvalue weighted by atomic mass is 16.6. The van der Waals surface area contributed by atoms with E-state index in [0.717, 1.165) is 33.3 Å². The molecule has 0 atom stereocenters. The maximum absolute atomic E-state index is 12.0. The lowest BCUT2D eigenvalue weighted by Crippen LogP contribution is -2.24. The number of carbonyl (C=O) groups excluding carboxylic acids is 1. The Labute approximate surface area is 217 Å². The maximum atomic E-state index is 12.0. The number of fused-ring (bicyclic) bond motifs is 1. The lowest BCUT2D eigenvalue weighted by molar-refractivity contribution is -0.402. The molecule has 9 heteroatoms. The highest BCUT2D eigenvalue weighted by Crippen LogP contribution is 2.33. The van der Waals surface area contributed by atoms with Gasteiger partial charge < -0.3 is 9.15 Å². The number of amides is 1. The van der Waals surface area contributed by atoms with E-state index in [-0.39, 0.29) is 12.4 Å². The molecule has 38 heavy (non-hydrogen) atoms. The summed E-state index contributed by atoms with van der Waals surface area (Å²) in [5.41, 5.74) is 8.34. The molecule has 9 nitrogen and oxygen atoms in total. The van der Waals surface area contributed by atoms with E-state index in [4.69, 9.17) is 14.1 Å². The van der Waals surface area contributed by atoms with Gasteiger partial charge in [0.15, 0.2) is 12.4 Å². The molecular weight excluding hydrogens is 484 g/mol. The van der Waals surface area contributed by atoms with E-state index in [2.05, 4.69) is 47.8 Å². The van der Waals surface area contributed by atoms with Crippen LogP contribution >= 0.6 is 0 Å². The molecule has 1 amide bonds. The van der Waals surface area contributed by atoms with E-state index in [1.807, 2.05) is 36.4 Å². The SMILES string of the molecule is Cc1ccc2nc(-c3ccc(OCC(=O)N/N=C\c4ccc([N+](=O)[O-])o4)cc3)cc(-c3ccccc3)c2c1. The van der Waals surface area contributed by atoms with Crippen LogP contribution < -0.4 is 10.2 Å². The number of pyridine rings is 1. The second-order valence-electron chi connectivity index (χ2n) is 8.48. The monoisotopic (exact) mass is 506 g/mol. The molecule has 0 fully saturated rings. The number of nitrogens with zero attached hydrogens (tertiary/aromatic N) is 3. The van der Waals surface area contributed by atoms with Crippen molar-refractivity contribution in [2.24, 2.45) is 5.10 Å². The number of hydrogen-bond acceptors (Lipinski definition) is 7. The van der Waals surface area contributed by atoms with Gasteiger partial charge in [-0.25, -0.2) is 10.4 Å². The summed E-state index contributed by atoms with van der Waals surface area (Å²) in [5, 5.41) is 15.4. The number of benzene rings is 3. The minimum Gasteiger partial charge on any atom is -0.484 e. The van der Waals surface area contributed by atoms with Crippen LogP contribution in [0.25, 0.3) is 33.3 Å². The molecule has 5 rings (SSSR count). The topological polar surface area (TPSA) is 120 Å². The molecule has 0 saturated carbocycles. The number of nitrogens with one attached hydrogen (secondary N) is 1. The van der Waals surface area contributed by atoms with Crippen molar-refractivity contribution in [2.75, 3.05) is 6.61 Å². The Hall–Kier alpha value is -5.31. The number of ether oxygens (including phenoxy) is 1. The second kappa shape index (κ2) is 10.8. The molecule has 0 spiro atoms. The van der Waals surface area contributed by atoms with Crippen LogP contribution in [-0.2, 0) is 4.79 Å². The van der Waals surface area contributed by atoms with E-state index in [1.54, 1.807) is 12.1 Å². The van der Waals surface area contributed by atoms with Gasteiger partial charge >= 0.3 is 5.88 Å². The Kier molecular flexibility index (Phi) is 6.90. The Morgan fingerprint density at radius 1 is 1.03 bits per heavy atom. The average molecular weight is 507 g/mol. The Bertz CT molecular complexity index is 1640. The third-order valence-corrected chi connectivity index (χ3v) is 5.74. The Morgan fingerprint density at radius 3 is 2.55 bits per heavy atom. The molecule has 0 unspecified atom stereocenters. The van der Waals surface area contributed by atoms with Gasteiger partial charge in [-0.3, -0.25) is 14.9 Å². The molecule has 0 aliphatic carbocycles. The zero-order valence-electron chi connectivity index (χ0n) is 20.3. The van der Waals surface area contributed by atoms with Crippen molar-refractivity contribution in [1.82, 2.24) is 10.4 Å². The quantitative estimate of drug-likeness (QED) is 0.159. The first-order chi connectivity index (χ1) is 18.5. The molecule has 5 aromatic rings. The molecular formula is C29H22N4O5. The molecule has 0 saturated heterocycles. The smallest absolute Gasteiger partial charge is 0.433 e. The van der Waals surface area contributed by atoms with E-state index in [0.29, 0.717) is 5.75 Å². The number of hydrazone groups is 1. The van der Waals surface area contributed by atoms with E-state index in [1.165, 1.54) is 23.9 Å². The van der Waals surface area contributed by atoms with Crippen molar-refractivity contribution in [3.63, 3.8) is 0 Å². The van der Waals surface area contributed by atoms with Crippen molar-refractivity contribution in [3.05, 3.63) is 112 Å². The first-order valence-electron chi connectivity index (χ1n) is 11.7. The first-order valence-corrected chi connectivity index (χ1v) is 11.7. The molecule has 1 N–H and O–H groups in total. The summed E-state index contributed by atoms with van der Waals surface area (Å²) in [6.45, 7) is 1.81. The highest BCUT2D eigenvalue weighted by Gasteiger charge is 2.12. The Morgan fingerprint density at radius 2 is 1.82 bits per heavy atom. The fraction of sp³-hybridized carbons (Fsp3) is 0.0690. The van der Waals surface area contributed by atoms with E-state index >= 15 is 0 Å². The van der Waals surface area contributed by atoms with Gasteiger partial charge in [-0.05, 0) is 66.6 Å². The second-order valence-corrected chi connectivity index (χ2v) is 8.48. The lowest BCUT2D eigenvalue weighted by Gasteiger charge is -2.12. The van der Waals surface area contributed by atoms with Gasteiger partial charge in [0.05, 0.1) is 23.5 Å². The first kappa shape index (κ1) is 24.4. The fourth-order valence-electron chi connectivity index (χ4n) is 3.92. The van der Waals surface area contributed by atoms with Crippen LogP contribution in [0.4, 0.5) is 5.88 Å². The van der Waals surface area contributed by atoms with Crippen molar-refractivity contribution in [3.8, 4) is 28.1 Å². The van der Waals surface area contributed by atoms with Crippen LogP contribution in [0.5, 0.6) is 5.75 Å². The van der Waals surface area contributed by atoms with Gasteiger partial charge in [-0.15, -0.1) is 0 Å². The average Bonchev–Trinajstić information content (AvgIpc) is 3.41. The van der Waals surface area contributed by atoms with Crippen LogP contribution in [0, 0.1) is 17.0 Å². The minimum absolute atomic E-state index is 0.140. The van der Waals surface area contributed by atoms with Gasteiger partial charge in [0.2, 0.25) is 0 Å². The van der Waals surface area contributed by atoms with Gasteiger partial charge in [-0.1, -0.05) is 42.0 Å². The van der Waals surface area contributed by atoms with Gasteiger partial charge in [-0.2, -0.15) is 5.10 Å². The maximum Gasteiger partial charge on any atom is 0.433 e. The number of furan rings is 1. The van der Waals surface area contributed by atoms with Gasteiger partial charge in [0.25, 0.3) is 5.91 Å². The van der Waals surface area contributed by atoms with Crippen LogP contribution in [0.15, 0.2) is 101 Å². The van der Waals surface area contributed by atoms with E-state index in [9.17, 15) is 14.9 Å². The van der Waals surface area contributed by atoms with Crippen molar-refractivity contribution < 1.29 is 18.9 Å². The predicted molar refractivity (Wildman–Crippen MR) is 144 cm³/mol. The third kappa shape index (κ3) is 5.57. The van der Waals surface area contributed by atoms with Crippen molar-refractivity contribution in [1.29, 1.82) is 0 Å². The van der Waals surface area contributed by atoms with Crippen LogP contribution in [0.2, 0.25) is 0 Å². The normalized spacial score (nSPS) is 11.1. The number of aromatic nitrogens is 1.